The molecular formula is C4H8FNO. The van der Waals surface area contributed by atoms with Crippen LogP contribution >= 0.6 is 0 Å². The highest BCUT2D eigenvalue weighted by Gasteiger charge is 2.05. The zero-order chi connectivity index (χ0) is 5.86. The Kier molecular flexibility index (Phi) is 2.52. The molecule has 1 unspecified atom stereocenters. The number of ketones is 1. The molecule has 1 N–H and O–H groups in total. The van der Waals surface area contributed by atoms with E-state index in [1.54, 1.807) is 0 Å². The fraction of sp³-hybridized carbons (Fsp3) is 0.750. The smallest absolute Gasteiger partial charge is 0.209 e. The molecule has 0 fully saturated rings. The fourth-order valence-corrected chi connectivity index (χ4v) is 0.203. The molecule has 0 bridgehead atoms. The van der Waals surface area contributed by atoms with Crippen molar-refractivity contribution in [2.45, 2.75) is 13.2 Å². The molecule has 0 aliphatic carbocycles. The van der Waals surface area contributed by atoms with E-state index in [0.717, 1.165) is 0 Å². The molecule has 0 aliphatic rings. The third-order valence-corrected chi connectivity index (χ3v) is 0.610. The number of hydrogen-bond acceptors (Lipinski definition) is 2. The minimum absolute atomic E-state index is 0.484. The van der Waals surface area contributed by atoms with Gasteiger partial charge in [-0.2, -0.15) is 0 Å². The molecule has 0 amide bonds. The Hall–Kier alpha value is -0.440. The number of rotatable bonds is 2. The van der Waals surface area contributed by atoms with Gasteiger partial charge in [0, 0.05) is 0 Å². The van der Waals surface area contributed by atoms with E-state index in [4.69, 9.17) is 0 Å². The molecule has 42 valence electrons. The van der Waals surface area contributed by atoms with Crippen LogP contribution in [0.3, 0.4) is 0 Å². The van der Waals surface area contributed by atoms with Crippen molar-refractivity contribution in [3.05, 3.63) is 0 Å². The number of likely N-dealkylation sites (N-methyl/N-ethyl adjacent to an activating group) is 1. The summed E-state index contributed by atoms with van der Waals surface area (Å²) in [6.45, 7) is 1.20. The number of carbonyl (C=O) groups excluding carboxylic acids is 1. The predicted octanol–water partition coefficient (Wildman–Crippen LogP) is 0.0904. The van der Waals surface area contributed by atoms with Gasteiger partial charge in [-0.15, -0.1) is 0 Å². The van der Waals surface area contributed by atoms with Crippen molar-refractivity contribution < 1.29 is 9.18 Å². The highest BCUT2D eigenvalue weighted by atomic mass is 19.1. The summed E-state index contributed by atoms with van der Waals surface area (Å²) in [5.41, 5.74) is 0. The monoisotopic (exact) mass is 105 g/mol. The second-order valence-electron chi connectivity index (χ2n) is 1.26. The number of halogens is 1. The molecular weight excluding hydrogens is 97.0 g/mol. The topological polar surface area (TPSA) is 29.1 Å². The average molecular weight is 105 g/mol. The summed E-state index contributed by atoms with van der Waals surface area (Å²) in [5, 5.41) is 2.15. The van der Waals surface area contributed by atoms with E-state index in [1.807, 2.05) is 0 Å². The third-order valence-electron chi connectivity index (χ3n) is 0.610. The van der Waals surface area contributed by atoms with Crippen molar-refractivity contribution in [1.82, 2.24) is 5.32 Å². The summed E-state index contributed by atoms with van der Waals surface area (Å²) in [6.07, 6.45) is -1.49. The molecule has 0 radical (unpaired) electrons. The van der Waals surface area contributed by atoms with Crippen LogP contribution in [0.1, 0.15) is 6.92 Å². The molecule has 0 spiro atoms. The van der Waals surface area contributed by atoms with Gasteiger partial charge in [-0.3, -0.25) is 10.1 Å². The number of alkyl halides is 1. The van der Waals surface area contributed by atoms with Crippen LogP contribution in [-0.4, -0.2) is 19.1 Å². The van der Waals surface area contributed by atoms with Crippen molar-refractivity contribution in [2.24, 2.45) is 0 Å². The lowest BCUT2D eigenvalue weighted by atomic mass is 10.4. The van der Waals surface area contributed by atoms with Gasteiger partial charge in [0.25, 0.3) is 0 Å². The molecule has 0 aromatic rings. The van der Waals surface area contributed by atoms with Gasteiger partial charge < -0.3 is 0 Å². The van der Waals surface area contributed by atoms with Crippen LogP contribution in [0.2, 0.25) is 0 Å². The third kappa shape index (κ3) is 2.28. The molecule has 0 saturated heterocycles. The quantitative estimate of drug-likeness (QED) is 0.504. The maximum Gasteiger partial charge on any atom is 0.209 e. The van der Waals surface area contributed by atoms with Crippen LogP contribution in [0.4, 0.5) is 4.39 Å². The highest BCUT2D eigenvalue weighted by Crippen LogP contribution is 1.82. The Balaban J connectivity index is 3.34. The van der Waals surface area contributed by atoms with E-state index in [1.165, 1.54) is 14.0 Å². The lowest BCUT2D eigenvalue weighted by molar-refractivity contribution is -0.122. The van der Waals surface area contributed by atoms with Gasteiger partial charge in [0.2, 0.25) is 6.30 Å². The van der Waals surface area contributed by atoms with Gasteiger partial charge in [-0.05, 0) is 14.0 Å². The molecule has 0 aromatic heterocycles. The van der Waals surface area contributed by atoms with Crippen molar-refractivity contribution >= 4 is 5.78 Å². The molecule has 7 heavy (non-hydrogen) atoms. The van der Waals surface area contributed by atoms with E-state index in [2.05, 4.69) is 5.32 Å². The van der Waals surface area contributed by atoms with E-state index >= 15 is 0 Å². The van der Waals surface area contributed by atoms with Crippen LogP contribution in [-0.2, 0) is 4.79 Å². The first-order chi connectivity index (χ1) is 3.18. The van der Waals surface area contributed by atoms with Crippen LogP contribution < -0.4 is 5.32 Å². The molecule has 2 nitrogen and oxygen atoms in total. The summed E-state index contributed by atoms with van der Waals surface area (Å²) in [5.74, 6) is -0.484. The van der Waals surface area contributed by atoms with Crippen molar-refractivity contribution in [1.29, 1.82) is 0 Å². The SMILES string of the molecule is CNC(F)C(C)=O. The Morgan fingerprint density at radius 1 is 1.86 bits per heavy atom. The minimum Gasteiger partial charge on any atom is -0.295 e. The second kappa shape index (κ2) is 2.69. The number of carbonyl (C=O) groups is 1. The normalized spacial score (nSPS) is 13.6. The van der Waals surface area contributed by atoms with E-state index in [9.17, 15) is 9.18 Å². The van der Waals surface area contributed by atoms with Crippen LogP contribution in [0.5, 0.6) is 0 Å². The van der Waals surface area contributed by atoms with Gasteiger partial charge in [-0.1, -0.05) is 0 Å². The number of nitrogens with one attached hydrogen (secondary N) is 1. The molecule has 0 saturated carbocycles. The predicted molar refractivity (Wildman–Crippen MR) is 24.6 cm³/mol. The maximum absolute atomic E-state index is 11.8. The second-order valence-corrected chi connectivity index (χ2v) is 1.26. The van der Waals surface area contributed by atoms with Crippen LogP contribution in [0.25, 0.3) is 0 Å². The zero-order valence-corrected chi connectivity index (χ0v) is 4.36. The van der Waals surface area contributed by atoms with E-state index in [-0.39, 0.29) is 0 Å². The maximum atomic E-state index is 11.8. The van der Waals surface area contributed by atoms with Gasteiger partial charge in [0.1, 0.15) is 0 Å². The van der Waals surface area contributed by atoms with Crippen LogP contribution in [0.15, 0.2) is 0 Å². The number of hydrogen-bond donors (Lipinski definition) is 1. The lowest BCUT2D eigenvalue weighted by Crippen LogP contribution is -2.26. The minimum atomic E-state index is -1.49. The standard InChI is InChI=1S/C4H8FNO/c1-3(7)4(5)6-2/h4,6H,1-2H3. The summed E-state index contributed by atoms with van der Waals surface area (Å²) >= 11 is 0. The average Bonchev–Trinajstić information content (AvgIpc) is 1.65. The first-order valence-electron chi connectivity index (χ1n) is 2.00. The van der Waals surface area contributed by atoms with Gasteiger partial charge >= 0.3 is 0 Å². The highest BCUT2D eigenvalue weighted by molar-refractivity contribution is 5.79. The number of Topliss-reactive ketones (excluding diaryl/α,β-unsaturated/α-hetero) is 1. The summed E-state index contributed by atoms with van der Waals surface area (Å²) in [7, 11) is 1.39. The lowest BCUT2D eigenvalue weighted by Gasteiger charge is -1.97. The molecule has 3 heteroatoms. The van der Waals surface area contributed by atoms with Gasteiger partial charge in [-0.25, -0.2) is 4.39 Å². The summed E-state index contributed by atoms with van der Waals surface area (Å²) < 4.78 is 11.8. The first kappa shape index (κ1) is 6.56. The summed E-state index contributed by atoms with van der Waals surface area (Å²) in [6, 6.07) is 0. The molecule has 0 rings (SSSR count). The largest absolute Gasteiger partial charge is 0.295 e. The van der Waals surface area contributed by atoms with E-state index in [0.29, 0.717) is 0 Å². The first-order valence-corrected chi connectivity index (χ1v) is 2.00. The Morgan fingerprint density at radius 3 is 2.29 bits per heavy atom. The Morgan fingerprint density at radius 2 is 2.29 bits per heavy atom. The van der Waals surface area contributed by atoms with Crippen LogP contribution in [0, 0.1) is 0 Å². The van der Waals surface area contributed by atoms with Crippen molar-refractivity contribution in [3.8, 4) is 0 Å². The van der Waals surface area contributed by atoms with Gasteiger partial charge in [0.05, 0.1) is 0 Å². The molecule has 0 aliphatic heterocycles. The van der Waals surface area contributed by atoms with Crippen molar-refractivity contribution in [2.75, 3.05) is 7.05 Å². The Bertz CT molecular complexity index is 74.1. The molecule has 0 aromatic carbocycles. The molecule has 0 heterocycles. The van der Waals surface area contributed by atoms with E-state index < -0.39 is 12.1 Å². The van der Waals surface area contributed by atoms with Crippen molar-refractivity contribution in [3.63, 3.8) is 0 Å². The zero-order valence-electron chi connectivity index (χ0n) is 4.36. The fourth-order valence-electron chi connectivity index (χ4n) is 0.203. The Labute approximate surface area is 41.7 Å². The van der Waals surface area contributed by atoms with Gasteiger partial charge in [0.15, 0.2) is 5.78 Å². The summed E-state index contributed by atoms with van der Waals surface area (Å²) in [4.78, 5) is 9.94. The molecule has 1 atom stereocenters.